The van der Waals surface area contributed by atoms with Gasteiger partial charge >= 0.3 is 0 Å². The van der Waals surface area contributed by atoms with E-state index in [1.807, 2.05) is 36.6 Å². The SMILES string of the molecule is Cc1ccc(-c2csc(NC(=O)c3ccccc3N(c3ccc(F)cc3)[SH](=O)=O)n2)cc1. The van der Waals surface area contributed by atoms with Crippen molar-refractivity contribution in [2.75, 3.05) is 9.62 Å². The maximum Gasteiger partial charge on any atom is 0.259 e. The van der Waals surface area contributed by atoms with Crippen LogP contribution in [-0.4, -0.2) is 19.3 Å². The summed E-state index contributed by atoms with van der Waals surface area (Å²) in [6, 6.07) is 19.2. The number of carbonyl (C=O) groups is 1. The maximum absolute atomic E-state index is 13.3. The average Bonchev–Trinajstić information content (AvgIpc) is 3.24. The Morgan fingerprint density at radius 3 is 2.38 bits per heavy atom. The van der Waals surface area contributed by atoms with Crippen LogP contribution in [0, 0.1) is 12.7 Å². The molecule has 0 aliphatic carbocycles. The number of nitrogens with one attached hydrogen (secondary N) is 1. The van der Waals surface area contributed by atoms with Gasteiger partial charge in [-0.1, -0.05) is 42.0 Å². The van der Waals surface area contributed by atoms with E-state index in [-0.39, 0.29) is 16.9 Å². The second-order valence-corrected chi connectivity index (χ2v) is 8.64. The molecule has 9 heteroatoms. The third kappa shape index (κ3) is 4.68. The van der Waals surface area contributed by atoms with E-state index >= 15 is 0 Å². The van der Waals surface area contributed by atoms with Gasteiger partial charge in [-0.05, 0) is 43.3 Å². The third-order valence-corrected chi connectivity index (χ3v) is 6.21. The number of hydrogen-bond donors (Lipinski definition) is 2. The van der Waals surface area contributed by atoms with E-state index < -0.39 is 22.6 Å². The van der Waals surface area contributed by atoms with Crippen molar-refractivity contribution in [2.24, 2.45) is 0 Å². The number of amides is 1. The fourth-order valence-electron chi connectivity index (χ4n) is 3.11. The molecule has 4 rings (SSSR count). The molecule has 1 heterocycles. The van der Waals surface area contributed by atoms with E-state index in [4.69, 9.17) is 0 Å². The van der Waals surface area contributed by atoms with E-state index in [1.54, 1.807) is 12.1 Å². The number of rotatable bonds is 6. The first-order chi connectivity index (χ1) is 15.4. The van der Waals surface area contributed by atoms with Crippen LogP contribution in [0.3, 0.4) is 0 Å². The molecule has 0 saturated heterocycles. The molecule has 0 spiro atoms. The summed E-state index contributed by atoms with van der Waals surface area (Å²) >= 11 is 1.27. The molecule has 0 bridgehead atoms. The summed E-state index contributed by atoms with van der Waals surface area (Å²) in [5.41, 5.74) is 3.31. The number of carbonyl (C=O) groups excluding carboxylic acids is 1. The molecule has 1 N–H and O–H groups in total. The van der Waals surface area contributed by atoms with Crippen molar-refractivity contribution in [1.29, 1.82) is 0 Å². The van der Waals surface area contributed by atoms with Gasteiger partial charge in [-0.25, -0.2) is 22.1 Å². The van der Waals surface area contributed by atoms with Gasteiger partial charge in [0.2, 0.25) is 10.9 Å². The molecule has 0 radical (unpaired) electrons. The minimum atomic E-state index is -3.14. The lowest BCUT2D eigenvalue weighted by molar-refractivity contribution is 0.102. The molecule has 0 unspecified atom stereocenters. The molecule has 0 aliphatic heterocycles. The lowest BCUT2D eigenvalue weighted by Gasteiger charge is -2.20. The molecule has 0 atom stereocenters. The molecular weight excluding hydrogens is 449 g/mol. The molecule has 0 saturated carbocycles. The first-order valence-corrected chi connectivity index (χ1v) is 11.6. The van der Waals surface area contributed by atoms with Gasteiger partial charge in [0.25, 0.3) is 5.91 Å². The van der Waals surface area contributed by atoms with Crippen molar-refractivity contribution < 1.29 is 17.6 Å². The summed E-state index contributed by atoms with van der Waals surface area (Å²) in [5, 5.41) is 4.97. The minimum Gasteiger partial charge on any atom is -0.298 e. The van der Waals surface area contributed by atoms with Gasteiger partial charge in [0, 0.05) is 10.9 Å². The number of anilines is 3. The highest BCUT2D eigenvalue weighted by atomic mass is 32.2. The number of benzene rings is 3. The normalized spacial score (nSPS) is 10.8. The Kier molecular flexibility index (Phi) is 6.29. The monoisotopic (exact) mass is 467 g/mol. The quantitative estimate of drug-likeness (QED) is 0.383. The van der Waals surface area contributed by atoms with Crippen molar-refractivity contribution in [2.45, 2.75) is 6.92 Å². The van der Waals surface area contributed by atoms with Gasteiger partial charge in [0.15, 0.2) is 5.13 Å². The lowest BCUT2D eigenvalue weighted by atomic mass is 10.1. The second-order valence-electron chi connectivity index (χ2n) is 6.90. The van der Waals surface area contributed by atoms with Crippen LogP contribution in [0.4, 0.5) is 20.9 Å². The number of hydrogen-bond acceptors (Lipinski definition) is 5. The minimum absolute atomic E-state index is 0.142. The van der Waals surface area contributed by atoms with Crippen LogP contribution in [0.2, 0.25) is 0 Å². The topological polar surface area (TPSA) is 79.4 Å². The zero-order chi connectivity index (χ0) is 22.7. The highest BCUT2D eigenvalue weighted by Crippen LogP contribution is 2.31. The van der Waals surface area contributed by atoms with E-state index in [2.05, 4.69) is 10.3 Å². The second kappa shape index (κ2) is 9.29. The van der Waals surface area contributed by atoms with E-state index in [0.717, 1.165) is 33.3 Å². The summed E-state index contributed by atoms with van der Waals surface area (Å²) in [6.07, 6.45) is 0. The van der Waals surface area contributed by atoms with Crippen LogP contribution in [-0.2, 0) is 10.9 Å². The zero-order valence-corrected chi connectivity index (χ0v) is 18.6. The van der Waals surface area contributed by atoms with Gasteiger partial charge in [-0.3, -0.25) is 10.1 Å². The van der Waals surface area contributed by atoms with Crippen LogP contribution in [0.5, 0.6) is 0 Å². The van der Waals surface area contributed by atoms with Crippen LogP contribution in [0.25, 0.3) is 11.3 Å². The summed E-state index contributed by atoms with van der Waals surface area (Å²) in [5.74, 6) is -0.997. The first-order valence-electron chi connectivity index (χ1n) is 9.55. The molecule has 3 aromatic carbocycles. The molecule has 0 fully saturated rings. The van der Waals surface area contributed by atoms with Crippen molar-refractivity contribution in [3.63, 3.8) is 0 Å². The highest BCUT2D eigenvalue weighted by Gasteiger charge is 2.20. The van der Waals surface area contributed by atoms with E-state index in [9.17, 15) is 17.6 Å². The van der Waals surface area contributed by atoms with Crippen molar-refractivity contribution in [3.8, 4) is 11.3 Å². The summed E-state index contributed by atoms with van der Waals surface area (Å²) in [7, 11) is -3.14. The smallest absolute Gasteiger partial charge is 0.259 e. The van der Waals surface area contributed by atoms with Crippen LogP contribution < -0.4 is 9.62 Å². The van der Waals surface area contributed by atoms with Crippen molar-refractivity contribution in [1.82, 2.24) is 4.98 Å². The number of para-hydroxylation sites is 1. The summed E-state index contributed by atoms with van der Waals surface area (Å²) < 4.78 is 38.3. The van der Waals surface area contributed by atoms with Gasteiger partial charge in [-0.2, -0.15) is 0 Å². The van der Waals surface area contributed by atoms with E-state index in [0.29, 0.717) is 5.13 Å². The van der Waals surface area contributed by atoms with Crippen LogP contribution >= 0.6 is 11.3 Å². The van der Waals surface area contributed by atoms with Crippen molar-refractivity contribution >= 4 is 44.6 Å². The van der Waals surface area contributed by atoms with Gasteiger partial charge in [0.05, 0.1) is 22.6 Å². The average molecular weight is 468 g/mol. The Morgan fingerprint density at radius 1 is 1.00 bits per heavy atom. The van der Waals surface area contributed by atoms with Crippen LogP contribution in [0.1, 0.15) is 15.9 Å². The first kappa shape index (κ1) is 21.7. The third-order valence-electron chi connectivity index (χ3n) is 4.68. The number of aromatic nitrogens is 1. The molecule has 1 aromatic heterocycles. The molecule has 6 nitrogen and oxygen atoms in total. The van der Waals surface area contributed by atoms with Crippen LogP contribution in [0.15, 0.2) is 78.2 Å². The lowest BCUT2D eigenvalue weighted by Crippen LogP contribution is -2.20. The molecule has 0 aliphatic rings. The van der Waals surface area contributed by atoms with Gasteiger partial charge in [0.1, 0.15) is 5.82 Å². The van der Waals surface area contributed by atoms with E-state index in [1.165, 1.54) is 35.6 Å². The fourth-order valence-corrected chi connectivity index (χ4v) is 4.49. The Labute approximate surface area is 190 Å². The predicted molar refractivity (Wildman–Crippen MR) is 126 cm³/mol. The number of halogens is 1. The number of thiazole rings is 1. The largest absolute Gasteiger partial charge is 0.298 e. The van der Waals surface area contributed by atoms with Crippen molar-refractivity contribution in [3.05, 3.63) is 95.1 Å². The molecule has 1 amide bonds. The zero-order valence-electron chi connectivity index (χ0n) is 16.9. The Hall–Kier alpha value is -3.56. The molecular formula is C23H18FN3O3S2. The Bertz CT molecular complexity index is 1330. The van der Waals surface area contributed by atoms with Gasteiger partial charge < -0.3 is 0 Å². The number of aryl methyl sites for hydroxylation is 1. The number of nitrogens with zero attached hydrogens (tertiary/aromatic N) is 2. The Balaban J connectivity index is 1.63. The molecule has 162 valence electrons. The fraction of sp³-hybridized carbons (Fsp3) is 0.0435. The molecule has 4 aromatic rings. The highest BCUT2D eigenvalue weighted by molar-refractivity contribution is 7.74. The van der Waals surface area contributed by atoms with Gasteiger partial charge in [-0.15, -0.1) is 11.3 Å². The summed E-state index contributed by atoms with van der Waals surface area (Å²) in [6.45, 7) is 2.00. The molecule has 32 heavy (non-hydrogen) atoms. The standard InChI is InChI=1S/C23H18FN3O3S2/c1-15-6-8-16(9-7-15)20-14-31-23(25-20)26-22(28)19-4-2-3-5-21(19)27(32(29)30)18-12-10-17(24)11-13-18/h2-14,32H,1H3,(H,25,26,28). The predicted octanol–water partition coefficient (Wildman–Crippen LogP) is 5.17. The maximum atomic E-state index is 13.3. The number of thiol groups is 1. The summed E-state index contributed by atoms with van der Waals surface area (Å²) in [4.78, 5) is 17.5. The Morgan fingerprint density at radius 2 is 1.69 bits per heavy atom.